The minimum atomic E-state index is -2.66. The Labute approximate surface area is 146 Å². The first kappa shape index (κ1) is 23.3. The van der Waals surface area contributed by atoms with E-state index in [-0.39, 0.29) is 12.2 Å². The predicted molar refractivity (Wildman–Crippen MR) is 103 cm³/mol. The Morgan fingerprint density at radius 2 is 1.00 bits per heavy atom. The molecular weight excluding hydrogens is 307 g/mol. The molecule has 4 heteroatoms. The maximum atomic E-state index is 10.6. The highest BCUT2D eigenvalue weighted by molar-refractivity contribution is 7.60. The summed E-state index contributed by atoms with van der Waals surface area (Å²) in [4.78, 5) is 10.6. The summed E-state index contributed by atoms with van der Waals surface area (Å²) in [6.45, 7) is 10.1. The third-order valence-electron chi connectivity index (χ3n) is 3.80. The molecule has 0 spiro atoms. The fourth-order valence-electron chi connectivity index (χ4n) is 2.76. The SMILES string of the molecule is CCCCCCCCCCCCC[P+](O)(OC(C)C)OC(C)C. The molecule has 3 nitrogen and oxygen atoms in total. The van der Waals surface area contributed by atoms with Gasteiger partial charge in [0.15, 0.2) is 0 Å². The maximum absolute atomic E-state index is 10.6. The molecule has 0 unspecified atom stereocenters. The van der Waals surface area contributed by atoms with Gasteiger partial charge in [-0.25, -0.2) is 0 Å². The summed E-state index contributed by atoms with van der Waals surface area (Å²) >= 11 is 0. The maximum Gasteiger partial charge on any atom is 0.409 e. The molecule has 0 aromatic rings. The lowest BCUT2D eigenvalue weighted by atomic mass is 10.1. The normalized spacial score (nSPS) is 12.5. The molecule has 0 aliphatic heterocycles. The van der Waals surface area contributed by atoms with Crippen LogP contribution in [0, 0.1) is 0 Å². The highest BCUT2D eigenvalue weighted by Crippen LogP contribution is 2.59. The van der Waals surface area contributed by atoms with Crippen molar-refractivity contribution in [2.45, 2.75) is 117 Å². The van der Waals surface area contributed by atoms with Crippen LogP contribution < -0.4 is 0 Å². The molecule has 0 aliphatic rings. The average Bonchev–Trinajstić information content (AvgIpc) is 2.43. The molecule has 0 saturated heterocycles. The van der Waals surface area contributed by atoms with Gasteiger partial charge in [0.05, 0.1) is 0 Å². The second kappa shape index (κ2) is 14.6. The molecule has 0 aromatic carbocycles. The molecule has 23 heavy (non-hydrogen) atoms. The molecule has 0 aliphatic carbocycles. The number of rotatable bonds is 16. The van der Waals surface area contributed by atoms with Crippen molar-refractivity contribution in [3.05, 3.63) is 0 Å². The largest absolute Gasteiger partial charge is 0.409 e. The van der Waals surface area contributed by atoms with Crippen LogP contribution in [0.3, 0.4) is 0 Å². The standard InChI is InChI=1S/C19H42O3P/c1-6-7-8-9-10-11-12-13-14-15-16-17-23(20,21-18(2)3)22-19(4)5/h18-20H,6-17H2,1-5H3/q+1. The summed E-state index contributed by atoms with van der Waals surface area (Å²) in [6, 6.07) is 0. The zero-order chi connectivity index (χ0) is 17.6. The monoisotopic (exact) mass is 349 g/mol. The Morgan fingerprint density at radius 1 is 0.652 bits per heavy atom. The second-order valence-electron chi connectivity index (χ2n) is 7.20. The number of hydrogen-bond acceptors (Lipinski definition) is 3. The van der Waals surface area contributed by atoms with Gasteiger partial charge in [-0.3, -0.25) is 0 Å². The van der Waals surface area contributed by atoms with Gasteiger partial charge in [-0.2, -0.15) is 13.9 Å². The Balaban J connectivity index is 3.62. The highest BCUT2D eigenvalue weighted by atomic mass is 31.2. The summed E-state index contributed by atoms with van der Waals surface area (Å²) in [5, 5.41) is 0. The zero-order valence-corrected chi connectivity index (χ0v) is 17.2. The van der Waals surface area contributed by atoms with Gasteiger partial charge in [-0.15, -0.1) is 0 Å². The quantitative estimate of drug-likeness (QED) is 0.243. The van der Waals surface area contributed by atoms with Crippen LogP contribution in [-0.4, -0.2) is 23.3 Å². The fraction of sp³-hybridized carbons (Fsp3) is 1.00. The van der Waals surface area contributed by atoms with E-state index < -0.39 is 7.94 Å². The van der Waals surface area contributed by atoms with Gasteiger partial charge >= 0.3 is 7.94 Å². The van der Waals surface area contributed by atoms with Crippen LogP contribution in [0.15, 0.2) is 0 Å². The number of unbranched alkanes of at least 4 members (excludes halogenated alkanes) is 10. The van der Waals surface area contributed by atoms with Gasteiger partial charge in [0.2, 0.25) is 0 Å². The first-order chi connectivity index (χ1) is 10.9. The summed E-state index contributed by atoms with van der Waals surface area (Å²) in [5.74, 6) is 0. The van der Waals surface area contributed by atoms with Crippen LogP contribution in [0.2, 0.25) is 0 Å². The summed E-state index contributed by atoms with van der Waals surface area (Å²) in [5.41, 5.74) is 0. The van der Waals surface area contributed by atoms with Crippen molar-refractivity contribution in [3.8, 4) is 0 Å². The third-order valence-corrected chi connectivity index (χ3v) is 6.18. The topological polar surface area (TPSA) is 38.7 Å². The molecule has 140 valence electrons. The van der Waals surface area contributed by atoms with Gasteiger partial charge in [0, 0.05) is 0 Å². The molecular formula is C19H42O3P+. The van der Waals surface area contributed by atoms with Crippen LogP contribution in [0.4, 0.5) is 0 Å². The summed E-state index contributed by atoms with van der Waals surface area (Å²) in [7, 11) is -2.66. The van der Waals surface area contributed by atoms with Crippen LogP contribution in [0.1, 0.15) is 105 Å². The van der Waals surface area contributed by atoms with Crippen LogP contribution in [-0.2, 0) is 9.05 Å². The van der Waals surface area contributed by atoms with Crippen LogP contribution in [0.5, 0.6) is 0 Å². The van der Waals surface area contributed by atoms with E-state index in [1.807, 2.05) is 27.7 Å². The molecule has 0 heterocycles. The Hall–Kier alpha value is 0.310. The minimum Gasteiger partial charge on any atom is -0.193 e. The zero-order valence-electron chi connectivity index (χ0n) is 16.4. The predicted octanol–water partition coefficient (Wildman–Crippen LogP) is 6.90. The Kier molecular flexibility index (Phi) is 14.8. The molecule has 0 bridgehead atoms. The Morgan fingerprint density at radius 3 is 1.35 bits per heavy atom. The highest BCUT2D eigenvalue weighted by Gasteiger charge is 2.42. The van der Waals surface area contributed by atoms with Crippen molar-refractivity contribution in [1.82, 2.24) is 0 Å². The van der Waals surface area contributed by atoms with Crippen molar-refractivity contribution in [3.63, 3.8) is 0 Å². The van der Waals surface area contributed by atoms with Crippen LogP contribution >= 0.6 is 7.94 Å². The first-order valence-corrected chi connectivity index (χ1v) is 11.6. The van der Waals surface area contributed by atoms with E-state index in [2.05, 4.69) is 6.92 Å². The lowest BCUT2D eigenvalue weighted by Crippen LogP contribution is -2.15. The molecule has 0 fully saturated rings. The van der Waals surface area contributed by atoms with E-state index in [9.17, 15) is 4.89 Å². The van der Waals surface area contributed by atoms with Crippen molar-refractivity contribution >= 4 is 7.94 Å². The van der Waals surface area contributed by atoms with Gasteiger partial charge in [0.1, 0.15) is 18.4 Å². The van der Waals surface area contributed by atoms with Crippen molar-refractivity contribution in [2.75, 3.05) is 6.16 Å². The van der Waals surface area contributed by atoms with Crippen molar-refractivity contribution in [1.29, 1.82) is 0 Å². The molecule has 0 amide bonds. The van der Waals surface area contributed by atoms with Crippen molar-refractivity contribution < 1.29 is 13.9 Å². The molecule has 0 aromatic heterocycles. The molecule has 0 radical (unpaired) electrons. The molecule has 0 atom stereocenters. The van der Waals surface area contributed by atoms with E-state index in [0.29, 0.717) is 6.16 Å². The van der Waals surface area contributed by atoms with Gasteiger partial charge in [-0.1, -0.05) is 64.7 Å². The van der Waals surface area contributed by atoms with E-state index >= 15 is 0 Å². The Bertz CT molecular complexity index is 247. The van der Waals surface area contributed by atoms with Gasteiger partial charge in [-0.05, 0) is 40.5 Å². The fourth-order valence-corrected chi connectivity index (χ4v) is 4.97. The first-order valence-electron chi connectivity index (χ1n) is 9.87. The van der Waals surface area contributed by atoms with E-state index in [1.165, 1.54) is 64.2 Å². The number of hydrogen-bond donors (Lipinski definition) is 1. The molecule has 1 N–H and O–H groups in total. The van der Waals surface area contributed by atoms with Crippen LogP contribution in [0.25, 0.3) is 0 Å². The van der Waals surface area contributed by atoms with E-state index in [1.54, 1.807) is 0 Å². The average molecular weight is 350 g/mol. The van der Waals surface area contributed by atoms with Gasteiger partial charge < -0.3 is 0 Å². The van der Waals surface area contributed by atoms with Crippen molar-refractivity contribution in [2.24, 2.45) is 0 Å². The second-order valence-corrected chi connectivity index (χ2v) is 9.35. The third kappa shape index (κ3) is 15.6. The summed E-state index contributed by atoms with van der Waals surface area (Å²) < 4.78 is 11.4. The lowest BCUT2D eigenvalue weighted by Gasteiger charge is -2.20. The van der Waals surface area contributed by atoms with E-state index in [0.717, 1.165) is 6.42 Å². The molecule has 0 saturated carbocycles. The van der Waals surface area contributed by atoms with Gasteiger partial charge in [0.25, 0.3) is 0 Å². The molecule has 0 rings (SSSR count). The van der Waals surface area contributed by atoms with E-state index in [4.69, 9.17) is 9.05 Å². The summed E-state index contributed by atoms with van der Waals surface area (Å²) in [6.07, 6.45) is 15.1. The smallest absolute Gasteiger partial charge is 0.193 e. The lowest BCUT2D eigenvalue weighted by molar-refractivity contribution is 0.118. The minimum absolute atomic E-state index is 0.0137.